The first-order chi connectivity index (χ1) is 8.29. The maximum atomic E-state index is 6.25. The van der Waals surface area contributed by atoms with Crippen LogP contribution in [0.5, 0.6) is 0 Å². The summed E-state index contributed by atoms with van der Waals surface area (Å²) in [6, 6.07) is 4.53. The number of hydrogen-bond donors (Lipinski definition) is 1. The molecular weight excluding hydrogens is 228 g/mol. The summed E-state index contributed by atoms with van der Waals surface area (Å²) < 4.78 is 0. The van der Waals surface area contributed by atoms with Gasteiger partial charge in [0, 0.05) is 28.6 Å². The SMILES string of the molecule is CCCC1CCC(N)C(Sc2ccncc2)C1. The van der Waals surface area contributed by atoms with E-state index in [-0.39, 0.29) is 0 Å². The van der Waals surface area contributed by atoms with Crippen LogP contribution in [0.3, 0.4) is 0 Å². The van der Waals surface area contributed by atoms with Crippen LogP contribution in [0, 0.1) is 5.92 Å². The molecule has 2 nitrogen and oxygen atoms in total. The first-order valence-corrected chi connectivity index (χ1v) is 7.49. The quantitative estimate of drug-likeness (QED) is 0.889. The van der Waals surface area contributed by atoms with Gasteiger partial charge in [0.05, 0.1) is 0 Å². The van der Waals surface area contributed by atoms with Crippen LogP contribution < -0.4 is 5.73 Å². The Bertz CT molecular complexity index is 328. The first kappa shape index (κ1) is 12.9. The summed E-state index contributed by atoms with van der Waals surface area (Å²) in [5.41, 5.74) is 6.25. The molecule has 1 aromatic heterocycles. The van der Waals surface area contributed by atoms with E-state index in [2.05, 4.69) is 24.0 Å². The molecule has 2 N–H and O–H groups in total. The molecule has 1 aliphatic carbocycles. The standard InChI is InChI=1S/C14H22N2S/c1-2-3-11-4-5-13(15)14(10-11)17-12-6-8-16-9-7-12/h6-9,11,13-14H,2-5,10,15H2,1H3. The van der Waals surface area contributed by atoms with Crippen molar-refractivity contribution in [2.24, 2.45) is 11.7 Å². The highest BCUT2D eigenvalue weighted by Crippen LogP contribution is 2.37. The molecule has 0 radical (unpaired) electrons. The van der Waals surface area contributed by atoms with E-state index in [1.54, 1.807) is 0 Å². The highest BCUT2D eigenvalue weighted by Gasteiger charge is 2.28. The molecule has 2 rings (SSSR count). The number of pyridine rings is 1. The zero-order valence-corrected chi connectivity index (χ0v) is 11.3. The van der Waals surface area contributed by atoms with Gasteiger partial charge in [-0.05, 0) is 37.3 Å². The van der Waals surface area contributed by atoms with Crippen LogP contribution in [0.1, 0.15) is 39.0 Å². The Hall–Kier alpha value is -0.540. The molecule has 1 fully saturated rings. The molecule has 0 amide bonds. The van der Waals surface area contributed by atoms with Gasteiger partial charge in [-0.15, -0.1) is 11.8 Å². The molecule has 3 unspecified atom stereocenters. The Kier molecular flexibility index (Phi) is 4.86. The summed E-state index contributed by atoms with van der Waals surface area (Å²) in [6.45, 7) is 2.28. The fraction of sp³-hybridized carbons (Fsp3) is 0.643. The second-order valence-corrected chi connectivity index (χ2v) is 6.28. The van der Waals surface area contributed by atoms with Gasteiger partial charge in [0.2, 0.25) is 0 Å². The van der Waals surface area contributed by atoms with Gasteiger partial charge in [-0.3, -0.25) is 4.98 Å². The lowest BCUT2D eigenvalue weighted by Crippen LogP contribution is -2.38. The lowest BCUT2D eigenvalue weighted by atomic mass is 9.83. The second kappa shape index (κ2) is 6.41. The number of hydrogen-bond acceptors (Lipinski definition) is 3. The molecule has 1 saturated carbocycles. The number of thioether (sulfide) groups is 1. The first-order valence-electron chi connectivity index (χ1n) is 6.62. The lowest BCUT2D eigenvalue weighted by Gasteiger charge is -2.33. The van der Waals surface area contributed by atoms with E-state index in [1.165, 1.54) is 37.0 Å². The molecule has 0 saturated heterocycles. The van der Waals surface area contributed by atoms with Crippen LogP contribution in [0.25, 0.3) is 0 Å². The summed E-state index contributed by atoms with van der Waals surface area (Å²) in [6.07, 6.45) is 10.2. The molecule has 94 valence electrons. The largest absolute Gasteiger partial charge is 0.327 e. The maximum absolute atomic E-state index is 6.25. The molecule has 0 aliphatic heterocycles. The smallest absolute Gasteiger partial charge is 0.0278 e. The summed E-state index contributed by atoms with van der Waals surface area (Å²) in [4.78, 5) is 5.36. The minimum absolute atomic E-state index is 0.362. The molecular formula is C14H22N2S. The average molecular weight is 250 g/mol. The van der Waals surface area contributed by atoms with Crippen molar-refractivity contribution in [1.29, 1.82) is 0 Å². The summed E-state index contributed by atoms with van der Waals surface area (Å²) >= 11 is 1.94. The topological polar surface area (TPSA) is 38.9 Å². The van der Waals surface area contributed by atoms with Crippen molar-refractivity contribution in [3.05, 3.63) is 24.5 Å². The second-order valence-electron chi connectivity index (χ2n) is 4.97. The fourth-order valence-electron chi connectivity index (χ4n) is 2.63. The average Bonchev–Trinajstić information content (AvgIpc) is 2.35. The summed E-state index contributed by atoms with van der Waals surface area (Å²) in [5.74, 6) is 0.888. The van der Waals surface area contributed by atoms with Gasteiger partial charge in [0.25, 0.3) is 0 Å². The number of rotatable bonds is 4. The Morgan fingerprint density at radius 1 is 1.35 bits per heavy atom. The minimum Gasteiger partial charge on any atom is -0.327 e. The third kappa shape index (κ3) is 3.71. The van der Waals surface area contributed by atoms with Gasteiger partial charge >= 0.3 is 0 Å². The Morgan fingerprint density at radius 2 is 2.12 bits per heavy atom. The maximum Gasteiger partial charge on any atom is 0.0278 e. The molecule has 0 spiro atoms. The Labute approximate surface area is 108 Å². The van der Waals surface area contributed by atoms with Gasteiger partial charge in [-0.2, -0.15) is 0 Å². The minimum atomic E-state index is 0.362. The van der Waals surface area contributed by atoms with Crippen molar-refractivity contribution in [2.75, 3.05) is 0 Å². The van der Waals surface area contributed by atoms with Crippen LogP contribution in [0.2, 0.25) is 0 Å². The van der Waals surface area contributed by atoms with E-state index < -0.39 is 0 Å². The molecule has 1 aromatic rings. The highest BCUT2D eigenvalue weighted by molar-refractivity contribution is 8.00. The zero-order chi connectivity index (χ0) is 12.1. The van der Waals surface area contributed by atoms with Crippen molar-refractivity contribution >= 4 is 11.8 Å². The molecule has 3 heteroatoms. The van der Waals surface area contributed by atoms with E-state index in [9.17, 15) is 0 Å². The van der Waals surface area contributed by atoms with E-state index in [0.29, 0.717) is 11.3 Å². The molecule has 1 heterocycles. The third-order valence-corrected chi connectivity index (χ3v) is 4.97. The molecule has 1 aliphatic rings. The number of nitrogens with zero attached hydrogens (tertiary/aromatic N) is 1. The molecule has 17 heavy (non-hydrogen) atoms. The normalized spacial score (nSPS) is 29.2. The van der Waals surface area contributed by atoms with Crippen LogP contribution in [-0.4, -0.2) is 16.3 Å². The van der Waals surface area contributed by atoms with Gasteiger partial charge in [-0.25, -0.2) is 0 Å². The Balaban J connectivity index is 1.94. The van der Waals surface area contributed by atoms with Crippen molar-refractivity contribution in [2.45, 2.75) is 55.2 Å². The lowest BCUT2D eigenvalue weighted by molar-refractivity contribution is 0.317. The van der Waals surface area contributed by atoms with Crippen LogP contribution >= 0.6 is 11.8 Å². The predicted molar refractivity (Wildman–Crippen MR) is 74.1 cm³/mol. The summed E-state index contributed by atoms with van der Waals surface area (Å²) in [5, 5.41) is 0.586. The monoisotopic (exact) mass is 250 g/mol. The highest BCUT2D eigenvalue weighted by atomic mass is 32.2. The van der Waals surface area contributed by atoms with Crippen molar-refractivity contribution in [3.8, 4) is 0 Å². The van der Waals surface area contributed by atoms with E-state index in [4.69, 9.17) is 5.73 Å². The van der Waals surface area contributed by atoms with E-state index >= 15 is 0 Å². The summed E-state index contributed by atoms with van der Waals surface area (Å²) in [7, 11) is 0. The van der Waals surface area contributed by atoms with Crippen molar-refractivity contribution in [3.63, 3.8) is 0 Å². The third-order valence-electron chi connectivity index (χ3n) is 3.59. The fourth-order valence-corrected chi connectivity index (χ4v) is 3.94. The molecule has 0 bridgehead atoms. The van der Waals surface area contributed by atoms with Crippen LogP contribution in [0.4, 0.5) is 0 Å². The van der Waals surface area contributed by atoms with Gasteiger partial charge in [0.1, 0.15) is 0 Å². The van der Waals surface area contributed by atoms with Crippen molar-refractivity contribution < 1.29 is 0 Å². The van der Waals surface area contributed by atoms with Gasteiger partial charge in [0.15, 0.2) is 0 Å². The number of nitrogens with two attached hydrogens (primary N) is 1. The molecule has 3 atom stereocenters. The predicted octanol–water partition coefficient (Wildman–Crippen LogP) is 3.47. The molecule has 0 aromatic carbocycles. The van der Waals surface area contributed by atoms with Crippen LogP contribution in [0.15, 0.2) is 29.4 Å². The van der Waals surface area contributed by atoms with Crippen LogP contribution in [-0.2, 0) is 0 Å². The van der Waals surface area contributed by atoms with E-state index in [1.807, 2.05) is 24.2 Å². The Morgan fingerprint density at radius 3 is 2.82 bits per heavy atom. The van der Waals surface area contributed by atoms with Gasteiger partial charge < -0.3 is 5.73 Å². The number of aromatic nitrogens is 1. The van der Waals surface area contributed by atoms with E-state index in [0.717, 1.165) is 5.92 Å². The zero-order valence-electron chi connectivity index (χ0n) is 10.5. The van der Waals surface area contributed by atoms with Crippen molar-refractivity contribution in [1.82, 2.24) is 4.98 Å². The van der Waals surface area contributed by atoms with Gasteiger partial charge in [-0.1, -0.05) is 19.8 Å².